The fourth-order valence-corrected chi connectivity index (χ4v) is 5.51. The fraction of sp³-hybridized carbons (Fsp3) is 0.240. The summed E-state index contributed by atoms with van der Waals surface area (Å²) in [5.74, 6) is -0.413. The average Bonchev–Trinajstić information content (AvgIpc) is 3.45. The Kier molecular flexibility index (Phi) is 4.93. The Labute approximate surface area is 187 Å². The summed E-state index contributed by atoms with van der Waals surface area (Å²) < 4.78 is 33.7. The van der Waals surface area contributed by atoms with Crippen LogP contribution in [0.2, 0.25) is 0 Å². The van der Waals surface area contributed by atoms with Gasteiger partial charge in [0.05, 0.1) is 31.6 Å². The summed E-state index contributed by atoms with van der Waals surface area (Å²) in [6.07, 6.45) is 1.01. The molecule has 5 rings (SSSR count). The molecule has 164 valence electrons. The normalized spacial score (nSPS) is 22.6. The van der Waals surface area contributed by atoms with Gasteiger partial charge in [-0.15, -0.1) is 0 Å². The van der Waals surface area contributed by atoms with Gasteiger partial charge in [-0.1, -0.05) is 78.9 Å². The van der Waals surface area contributed by atoms with Crippen molar-refractivity contribution in [3.8, 4) is 11.1 Å². The van der Waals surface area contributed by atoms with Crippen LogP contribution in [0, 0.1) is 0 Å². The SMILES string of the molecule is COC(=O)[C@@H]1[C@H](COS(C)(=O)=O)N1C1(c2ccccc2)c2ccccc2-c2ccccc21. The lowest BCUT2D eigenvalue weighted by atomic mass is 9.80. The average molecular weight is 450 g/mol. The molecule has 0 N–H and O–H groups in total. The number of rotatable bonds is 6. The van der Waals surface area contributed by atoms with Crippen molar-refractivity contribution in [2.24, 2.45) is 0 Å². The van der Waals surface area contributed by atoms with Crippen molar-refractivity contribution in [3.05, 3.63) is 95.6 Å². The summed E-state index contributed by atoms with van der Waals surface area (Å²) in [6.45, 7) is -0.127. The predicted molar refractivity (Wildman–Crippen MR) is 120 cm³/mol. The molecule has 1 aliphatic carbocycles. The topological polar surface area (TPSA) is 72.7 Å². The van der Waals surface area contributed by atoms with E-state index in [2.05, 4.69) is 24.3 Å². The largest absolute Gasteiger partial charge is 0.468 e. The monoisotopic (exact) mass is 449 g/mol. The van der Waals surface area contributed by atoms with Crippen molar-refractivity contribution in [2.45, 2.75) is 17.6 Å². The second kappa shape index (κ2) is 7.55. The van der Waals surface area contributed by atoms with Crippen LogP contribution < -0.4 is 0 Å². The van der Waals surface area contributed by atoms with Crippen LogP contribution in [0.4, 0.5) is 0 Å². The molecule has 1 saturated heterocycles. The van der Waals surface area contributed by atoms with Crippen LogP contribution in [0.5, 0.6) is 0 Å². The van der Waals surface area contributed by atoms with Crippen LogP contribution in [0.25, 0.3) is 11.1 Å². The number of carbonyl (C=O) groups excluding carboxylic acids is 1. The zero-order valence-electron chi connectivity index (χ0n) is 17.8. The van der Waals surface area contributed by atoms with Crippen molar-refractivity contribution in [2.75, 3.05) is 20.0 Å². The highest BCUT2D eigenvalue weighted by Gasteiger charge is 2.66. The van der Waals surface area contributed by atoms with E-state index in [0.717, 1.165) is 34.1 Å². The number of methoxy groups -OCH3 is 1. The second-order valence-corrected chi connectivity index (χ2v) is 9.74. The first-order valence-electron chi connectivity index (χ1n) is 10.3. The molecule has 3 aromatic rings. The van der Waals surface area contributed by atoms with Gasteiger partial charge in [0.1, 0.15) is 6.04 Å². The second-order valence-electron chi connectivity index (χ2n) is 8.10. The first kappa shape index (κ1) is 20.9. The summed E-state index contributed by atoms with van der Waals surface area (Å²) >= 11 is 0. The Bertz CT molecular complexity index is 1240. The van der Waals surface area contributed by atoms with E-state index in [0.29, 0.717) is 0 Å². The van der Waals surface area contributed by atoms with Crippen LogP contribution in [0.3, 0.4) is 0 Å². The predicted octanol–water partition coefficient (Wildman–Crippen LogP) is 3.16. The molecule has 0 bridgehead atoms. The van der Waals surface area contributed by atoms with Crippen LogP contribution in [0.1, 0.15) is 16.7 Å². The first-order chi connectivity index (χ1) is 15.4. The number of esters is 1. The maximum absolute atomic E-state index is 12.8. The molecular weight excluding hydrogens is 426 g/mol. The van der Waals surface area contributed by atoms with E-state index in [-0.39, 0.29) is 6.61 Å². The summed E-state index contributed by atoms with van der Waals surface area (Å²) in [6, 6.07) is 25.2. The number of nitrogens with zero attached hydrogens (tertiary/aromatic N) is 1. The molecule has 6 nitrogen and oxygen atoms in total. The minimum absolute atomic E-state index is 0.127. The molecule has 0 amide bonds. The highest BCUT2D eigenvalue weighted by molar-refractivity contribution is 7.85. The zero-order valence-corrected chi connectivity index (χ0v) is 18.6. The van der Waals surface area contributed by atoms with Gasteiger partial charge in [0.25, 0.3) is 10.1 Å². The standard InChI is InChI=1S/C25H23NO5S/c1-30-24(27)23-22(16-31-32(2,28)29)26(23)25(17-10-4-3-5-11-17)20-14-8-6-12-18(20)19-13-7-9-15-21(19)25/h3-15,22-23H,16H2,1-2H3/t22-,23-,26?/m0/s1. The highest BCUT2D eigenvalue weighted by Crippen LogP contribution is 2.59. The molecule has 0 saturated carbocycles. The minimum atomic E-state index is -3.67. The Morgan fingerprint density at radius 2 is 1.44 bits per heavy atom. The summed E-state index contributed by atoms with van der Waals surface area (Å²) in [5.41, 5.74) is 4.48. The van der Waals surface area contributed by atoms with Crippen LogP contribution in [-0.2, 0) is 29.4 Å². The fourth-order valence-electron chi connectivity index (χ4n) is 5.12. The Balaban J connectivity index is 1.76. The lowest BCUT2D eigenvalue weighted by molar-refractivity contribution is -0.141. The molecule has 0 radical (unpaired) electrons. The molecule has 0 spiro atoms. The van der Waals surface area contributed by atoms with E-state index in [1.807, 2.05) is 59.5 Å². The van der Waals surface area contributed by atoms with Gasteiger partial charge in [0.15, 0.2) is 0 Å². The quantitative estimate of drug-likeness (QED) is 0.327. The molecule has 32 heavy (non-hydrogen) atoms. The van der Waals surface area contributed by atoms with Gasteiger partial charge in [0.2, 0.25) is 0 Å². The summed E-state index contributed by atoms with van der Waals surface area (Å²) in [5, 5.41) is 0. The lowest BCUT2D eigenvalue weighted by Crippen LogP contribution is -2.39. The van der Waals surface area contributed by atoms with E-state index >= 15 is 0 Å². The third kappa shape index (κ3) is 3.08. The summed E-state index contributed by atoms with van der Waals surface area (Å²) in [4.78, 5) is 14.8. The molecule has 1 unspecified atom stereocenters. The van der Waals surface area contributed by atoms with E-state index in [1.165, 1.54) is 7.11 Å². The van der Waals surface area contributed by atoms with Gasteiger partial charge < -0.3 is 4.74 Å². The van der Waals surface area contributed by atoms with Crippen molar-refractivity contribution in [1.82, 2.24) is 4.90 Å². The van der Waals surface area contributed by atoms with Crippen molar-refractivity contribution < 1.29 is 22.1 Å². The summed E-state index contributed by atoms with van der Waals surface area (Å²) in [7, 11) is -2.32. The van der Waals surface area contributed by atoms with Crippen molar-refractivity contribution in [3.63, 3.8) is 0 Å². The van der Waals surface area contributed by atoms with Crippen molar-refractivity contribution >= 4 is 16.1 Å². The Morgan fingerprint density at radius 1 is 0.906 bits per heavy atom. The third-order valence-electron chi connectivity index (χ3n) is 6.33. The Hall–Kier alpha value is -3.00. The van der Waals surface area contributed by atoms with Gasteiger partial charge in [-0.2, -0.15) is 8.42 Å². The molecule has 7 heteroatoms. The number of ether oxygens (including phenoxy) is 1. The minimum Gasteiger partial charge on any atom is -0.468 e. The molecule has 1 aliphatic heterocycles. The number of hydrogen-bond donors (Lipinski definition) is 0. The molecule has 3 atom stereocenters. The van der Waals surface area contributed by atoms with Crippen LogP contribution >= 0.6 is 0 Å². The molecule has 0 aromatic heterocycles. The molecule has 1 fully saturated rings. The number of carbonyl (C=O) groups is 1. The molecule has 2 aliphatic rings. The van der Waals surface area contributed by atoms with Gasteiger partial charge >= 0.3 is 5.97 Å². The third-order valence-corrected chi connectivity index (χ3v) is 6.89. The molecule has 1 heterocycles. The zero-order chi connectivity index (χ0) is 22.5. The maximum atomic E-state index is 12.8. The van der Waals surface area contributed by atoms with Crippen molar-refractivity contribution in [1.29, 1.82) is 0 Å². The highest BCUT2D eigenvalue weighted by atomic mass is 32.2. The Morgan fingerprint density at radius 3 is 1.97 bits per heavy atom. The number of fused-ring (bicyclic) bond motifs is 3. The number of hydrogen-bond acceptors (Lipinski definition) is 6. The van der Waals surface area contributed by atoms with Crippen LogP contribution in [0.15, 0.2) is 78.9 Å². The van der Waals surface area contributed by atoms with E-state index in [1.54, 1.807) is 0 Å². The van der Waals surface area contributed by atoms with E-state index in [9.17, 15) is 13.2 Å². The van der Waals surface area contributed by atoms with E-state index < -0.39 is 33.7 Å². The maximum Gasteiger partial charge on any atom is 0.324 e. The van der Waals surface area contributed by atoms with Gasteiger partial charge in [0, 0.05) is 0 Å². The number of benzene rings is 3. The van der Waals surface area contributed by atoms with Gasteiger partial charge in [-0.25, -0.2) is 0 Å². The molecule has 3 aromatic carbocycles. The smallest absolute Gasteiger partial charge is 0.324 e. The van der Waals surface area contributed by atoms with Crippen LogP contribution in [-0.4, -0.2) is 51.3 Å². The van der Waals surface area contributed by atoms with E-state index in [4.69, 9.17) is 8.92 Å². The lowest BCUT2D eigenvalue weighted by Gasteiger charge is -2.35. The molecular formula is C25H23NO5S. The first-order valence-corrected chi connectivity index (χ1v) is 12.2. The van der Waals surface area contributed by atoms with Gasteiger partial charge in [-0.05, 0) is 27.8 Å². The van der Waals surface area contributed by atoms with Gasteiger partial charge in [-0.3, -0.25) is 13.9 Å².